The normalized spacial score (nSPS) is 11.3. The Kier molecular flexibility index (Phi) is 4.29. The maximum Gasteiger partial charge on any atom is 0.242 e. The van der Waals surface area contributed by atoms with Crippen molar-refractivity contribution in [2.45, 2.75) is 20.4 Å². The lowest BCUT2D eigenvalue weighted by molar-refractivity contribution is 0.304. The van der Waals surface area contributed by atoms with Crippen LogP contribution in [-0.4, -0.2) is 20.6 Å². The molecule has 3 aromatic rings. The van der Waals surface area contributed by atoms with E-state index in [-0.39, 0.29) is 0 Å². The summed E-state index contributed by atoms with van der Waals surface area (Å²) < 4.78 is 9.32. The van der Waals surface area contributed by atoms with Gasteiger partial charge in [-0.1, -0.05) is 39.3 Å². The number of benzene rings is 1. The number of rotatable bonds is 5. The highest BCUT2D eigenvalue weighted by atomic mass is 35.5. The third-order valence-corrected chi connectivity index (χ3v) is 3.25. The van der Waals surface area contributed by atoms with Gasteiger partial charge in [-0.3, -0.25) is 0 Å². The molecule has 10 heteroatoms. The van der Waals surface area contributed by atoms with Gasteiger partial charge in [0.05, 0.1) is 6.54 Å². The molecule has 2 heterocycles. The average molecular weight is 334 g/mol. The summed E-state index contributed by atoms with van der Waals surface area (Å²) >= 11 is 5.90. The zero-order valence-electron chi connectivity index (χ0n) is 12.3. The van der Waals surface area contributed by atoms with Gasteiger partial charge in [0.1, 0.15) is 11.4 Å². The molecular weight excluding hydrogens is 322 g/mol. The van der Waals surface area contributed by atoms with Gasteiger partial charge in [0.2, 0.25) is 11.6 Å². The molecule has 0 bridgehead atoms. The summed E-state index contributed by atoms with van der Waals surface area (Å²) in [7, 11) is 0. The van der Waals surface area contributed by atoms with E-state index in [9.17, 15) is 0 Å². The Balaban J connectivity index is 1.88. The van der Waals surface area contributed by atoms with Gasteiger partial charge >= 0.3 is 0 Å². The van der Waals surface area contributed by atoms with Crippen LogP contribution in [0.3, 0.4) is 0 Å². The fourth-order valence-corrected chi connectivity index (χ4v) is 1.91. The third-order valence-electron chi connectivity index (χ3n) is 2.99. The molecule has 0 aliphatic heterocycles. The predicted molar refractivity (Wildman–Crippen MR) is 80.2 cm³/mol. The van der Waals surface area contributed by atoms with Gasteiger partial charge in [-0.2, -0.15) is 0 Å². The molecule has 0 spiro atoms. The first kappa shape index (κ1) is 15.1. The summed E-state index contributed by atoms with van der Waals surface area (Å²) in [6.07, 6.45) is 0. The Labute approximate surface area is 135 Å². The topological polar surface area (TPSA) is 106 Å². The van der Waals surface area contributed by atoms with Gasteiger partial charge in [-0.05, 0) is 41.9 Å². The highest BCUT2D eigenvalue weighted by molar-refractivity contribution is 6.30. The largest absolute Gasteiger partial charge is 0.242 e. The summed E-state index contributed by atoms with van der Waals surface area (Å²) in [6, 6.07) is 7.37. The van der Waals surface area contributed by atoms with Crippen LogP contribution in [0.15, 0.2) is 43.9 Å². The van der Waals surface area contributed by atoms with Gasteiger partial charge in [0.15, 0.2) is 0 Å². The molecule has 2 aromatic heterocycles. The monoisotopic (exact) mass is 333 g/mol. The van der Waals surface area contributed by atoms with Gasteiger partial charge in [0.25, 0.3) is 0 Å². The van der Waals surface area contributed by atoms with Crippen molar-refractivity contribution in [2.75, 3.05) is 5.01 Å². The molecule has 118 valence electrons. The molecule has 0 unspecified atom stereocenters. The minimum absolute atomic E-state index is 0.292. The highest BCUT2D eigenvalue weighted by Gasteiger charge is 2.16. The van der Waals surface area contributed by atoms with Crippen molar-refractivity contribution in [2.24, 2.45) is 10.3 Å². The molecule has 3 rings (SSSR count). The lowest BCUT2D eigenvalue weighted by atomic mass is 10.2. The Morgan fingerprint density at radius 2 is 1.70 bits per heavy atom. The zero-order chi connectivity index (χ0) is 16.2. The van der Waals surface area contributed by atoms with E-state index in [4.69, 9.17) is 16.2 Å². The molecule has 23 heavy (non-hydrogen) atoms. The van der Waals surface area contributed by atoms with E-state index in [1.807, 2.05) is 12.1 Å². The molecule has 0 amide bonds. The molecule has 9 nitrogen and oxygen atoms in total. The number of aromatic nitrogens is 4. The molecule has 0 radical (unpaired) electrons. The van der Waals surface area contributed by atoms with Crippen LogP contribution >= 0.6 is 11.6 Å². The van der Waals surface area contributed by atoms with Crippen molar-refractivity contribution in [3.63, 3.8) is 0 Å². The van der Waals surface area contributed by atoms with E-state index < -0.39 is 0 Å². The van der Waals surface area contributed by atoms with Gasteiger partial charge in [-0.15, -0.1) is 5.11 Å². The van der Waals surface area contributed by atoms with Crippen molar-refractivity contribution < 1.29 is 9.26 Å². The number of anilines is 1. The van der Waals surface area contributed by atoms with E-state index >= 15 is 0 Å². The van der Waals surface area contributed by atoms with Crippen molar-refractivity contribution in [1.29, 1.82) is 0 Å². The van der Waals surface area contributed by atoms with Gasteiger partial charge < -0.3 is 0 Å². The van der Waals surface area contributed by atoms with Gasteiger partial charge in [0, 0.05) is 5.02 Å². The predicted octanol–water partition coefficient (Wildman–Crippen LogP) is 3.43. The minimum Gasteiger partial charge on any atom is -0.242 e. The lowest BCUT2D eigenvalue weighted by Gasteiger charge is -2.14. The number of halogens is 1. The molecule has 1 aromatic carbocycles. The maximum absolute atomic E-state index is 5.90. The SMILES string of the molecule is Cc1nonc1N=NN(Cc1ccc(Cl)cc1)c1nonc1C. The molecule has 0 aliphatic carbocycles. The molecule has 0 fully saturated rings. The second-order valence-electron chi connectivity index (χ2n) is 4.72. The summed E-state index contributed by atoms with van der Waals surface area (Å²) in [4.78, 5) is 0. The average Bonchev–Trinajstić information content (AvgIpc) is 3.14. The fraction of sp³-hybridized carbons (Fsp3) is 0.231. The Hall–Kier alpha value is -2.81. The summed E-state index contributed by atoms with van der Waals surface area (Å²) in [5, 5.41) is 25.3. The number of aryl methyl sites for hydroxylation is 2. The van der Waals surface area contributed by atoms with E-state index in [2.05, 4.69) is 35.6 Å². The van der Waals surface area contributed by atoms with Crippen LogP contribution in [0, 0.1) is 13.8 Å². The number of hydrogen-bond donors (Lipinski definition) is 0. The summed E-state index contributed by atoms with van der Waals surface area (Å²) in [6.45, 7) is 3.89. The minimum atomic E-state index is 0.292. The first-order chi connectivity index (χ1) is 11.1. The maximum atomic E-state index is 5.90. The molecule has 0 atom stereocenters. The van der Waals surface area contributed by atoms with Crippen LogP contribution in [0.25, 0.3) is 0 Å². The first-order valence-electron chi connectivity index (χ1n) is 6.65. The summed E-state index contributed by atoms with van der Waals surface area (Å²) in [5.74, 6) is 0.748. The molecular formula is C13H12ClN7O2. The molecule has 0 aliphatic rings. The standard InChI is InChI=1S/C13H12ClN7O2/c1-8-12(18-22-16-8)15-20-21(13-9(2)17-23-19-13)7-10-3-5-11(14)6-4-10/h3-6H,7H2,1-2H3. The van der Waals surface area contributed by atoms with Crippen LogP contribution in [0.4, 0.5) is 11.6 Å². The number of hydrogen-bond acceptors (Lipinski definition) is 8. The Bertz CT molecular complexity index is 812. The lowest BCUT2D eigenvalue weighted by Crippen LogP contribution is -2.16. The molecule has 0 saturated carbocycles. The molecule has 0 saturated heterocycles. The molecule has 0 N–H and O–H groups in total. The Morgan fingerprint density at radius 3 is 2.30 bits per heavy atom. The third kappa shape index (κ3) is 3.51. The fourth-order valence-electron chi connectivity index (χ4n) is 1.79. The summed E-state index contributed by atoms with van der Waals surface area (Å²) in [5.41, 5.74) is 2.09. The van der Waals surface area contributed by atoms with Crippen molar-refractivity contribution >= 4 is 23.2 Å². The first-order valence-corrected chi connectivity index (χ1v) is 7.03. The zero-order valence-corrected chi connectivity index (χ0v) is 13.1. The smallest absolute Gasteiger partial charge is 0.242 e. The van der Waals surface area contributed by atoms with Crippen molar-refractivity contribution in [3.05, 3.63) is 46.2 Å². The Morgan fingerprint density at radius 1 is 1.00 bits per heavy atom. The number of nitrogens with zero attached hydrogens (tertiary/aromatic N) is 7. The quantitative estimate of drug-likeness (QED) is 0.520. The van der Waals surface area contributed by atoms with Crippen LogP contribution in [-0.2, 0) is 6.54 Å². The van der Waals surface area contributed by atoms with E-state index in [0.29, 0.717) is 34.6 Å². The van der Waals surface area contributed by atoms with Crippen molar-refractivity contribution in [1.82, 2.24) is 20.6 Å². The van der Waals surface area contributed by atoms with Crippen LogP contribution in [0.5, 0.6) is 0 Å². The van der Waals surface area contributed by atoms with Crippen molar-refractivity contribution in [3.8, 4) is 0 Å². The van der Waals surface area contributed by atoms with E-state index in [1.165, 1.54) is 0 Å². The van der Waals surface area contributed by atoms with E-state index in [0.717, 1.165) is 5.56 Å². The van der Waals surface area contributed by atoms with Crippen LogP contribution in [0.2, 0.25) is 5.02 Å². The van der Waals surface area contributed by atoms with Crippen LogP contribution < -0.4 is 5.01 Å². The second-order valence-corrected chi connectivity index (χ2v) is 5.16. The van der Waals surface area contributed by atoms with Crippen LogP contribution in [0.1, 0.15) is 17.0 Å². The highest BCUT2D eigenvalue weighted by Crippen LogP contribution is 2.21. The van der Waals surface area contributed by atoms with E-state index in [1.54, 1.807) is 31.0 Å². The second kappa shape index (κ2) is 6.53. The van der Waals surface area contributed by atoms with Gasteiger partial charge in [-0.25, -0.2) is 14.3 Å².